The molecule has 1 aromatic rings. The van der Waals surface area contributed by atoms with Gasteiger partial charge in [0.05, 0.1) is 20.8 Å². The minimum atomic E-state index is -1.12. The first-order chi connectivity index (χ1) is 7.97. The van der Waals surface area contributed by atoms with Crippen molar-refractivity contribution in [2.45, 2.75) is 12.5 Å². The lowest BCUT2D eigenvalue weighted by Crippen LogP contribution is -2.27. The lowest BCUT2D eigenvalue weighted by atomic mass is 9.96. The fourth-order valence-corrected chi connectivity index (χ4v) is 2.35. The smallest absolute Gasteiger partial charge is 0.142 e. The molecule has 0 radical (unpaired) electrons. The van der Waals surface area contributed by atoms with Gasteiger partial charge in [0.1, 0.15) is 21.6 Å². The Labute approximate surface area is 110 Å². The number of hydrogen-bond acceptors (Lipinski definition) is 4. The van der Waals surface area contributed by atoms with Gasteiger partial charge in [-0.15, -0.1) is 0 Å². The Balaban J connectivity index is 3.30. The highest BCUT2D eigenvalue weighted by Gasteiger charge is 2.29. The van der Waals surface area contributed by atoms with Crippen molar-refractivity contribution in [2.75, 3.05) is 27.9 Å². The molecule has 0 saturated carbocycles. The molecule has 17 heavy (non-hydrogen) atoms. The molecular weight excluding hydrogens is 288 g/mol. The molecule has 1 aromatic carbocycles. The minimum absolute atomic E-state index is 0.183. The van der Waals surface area contributed by atoms with E-state index in [2.05, 4.69) is 15.9 Å². The van der Waals surface area contributed by atoms with E-state index >= 15 is 0 Å². The van der Waals surface area contributed by atoms with Crippen LogP contribution in [-0.4, -0.2) is 33.0 Å². The van der Waals surface area contributed by atoms with Gasteiger partial charge in [-0.2, -0.15) is 0 Å². The number of rotatable bonds is 5. The Morgan fingerprint density at radius 2 is 1.88 bits per heavy atom. The predicted octanol–water partition coefficient (Wildman–Crippen LogP) is 2.32. The van der Waals surface area contributed by atoms with E-state index in [0.717, 1.165) is 0 Å². The minimum Gasteiger partial charge on any atom is -0.495 e. The van der Waals surface area contributed by atoms with Crippen molar-refractivity contribution in [2.24, 2.45) is 0 Å². The highest BCUT2D eigenvalue weighted by atomic mass is 79.9. The number of methoxy groups -OCH3 is 3. The molecule has 0 spiro atoms. The van der Waals surface area contributed by atoms with Gasteiger partial charge in [0.2, 0.25) is 0 Å². The van der Waals surface area contributed by atoms with E-state index in [0.29, 0.717) is 21.5 Å². The fourth-order valence-electron chi connectivity index (χ4n) is 1.68. The quantitative estimate of drug-likeness (QED) is 0.907. The van der Waals surface area contributed by atoms with Crippen LogP contribution >= 0.6 is 15.9 Å². The zero-order valence-corrected chi connectivity index (χ0v) is 12.0. The third-order valence-electron chi connectivity index (χ3n) is 2.49. The summed E-state index contributed by atoms with van der Waals surface area (Å²) in [5.74, 6) is 1.20. The first kappa shape index (κ1) is 14.3. The Morgan fingerprint density at radius 3 is 2.35 bits per heavy atom. The molecule has 1 unspecified atom stereocenters. The third kappa shape index (κ3) is 2.91. The van der Waals surface area contributed by atoms with Gasteiger partial charge < -0.3 is 19.3 Å². The molecule has 0 aromatic heterocycles. The zero-order valence-electron chi connectivity index (χ0n) is 10.4. The number of halogens is 1. The van der Waals surface area contributed by atoms with E-state index in [9.17, 15) is 5.11 Å². The van der Waals surface area contributed by atoms with Gasteiger partial charge in [0, 0.05) is 12.7 Å². The SMILES string of the molecule is COCC(C)(O)c1ccc(OC)c(Br)c1OC. The van der Waals surface area contributed by atoms with Gasteiger partial charge in [0.25, 0.3) is 0 Å². The fraction of sp³-hybridized carbons (Fsp3) is 0.500. The van der Waals surface area contributed by atoms with E-state index in [1.807, 2.05) is 0 Å². The van der Waals surface area contributed by atoms with E-state index < -0.39 is 5.60 Å². The molecule has 0 aliphatic heterocycles. The zero-order chi connectivity index (χ0) is 13.1. The van der Waals surface area contributed by atoms with E-state index in [1.54, 1.807) is 40.4 Å². The Bertz CT molecular complexity index is 390. The normalized spacial score (nSPS) is 14.2. The molecule has 4 nitrogen and oxygen atoms in total. The summed E-state index contributed by atoms with van der Waals surface area (Å²) < 4.78 is 16.2. The van der Waals surface area contributed by atoms with Crippen LogP contribution in [0.4, 0.5) is 0 Å². The predicted molar refractivity (Wildman–Crippen MR) is 68.7 cm³/mol. The van der Waals surface area contributed by atoms with Crippen molar-refractivity contribution < 1.29 is 19.3 Å². The van der Waals surface area contributed by atoms with Crippen LogP contribution in [0.2, 0.25) is 0 Å². The molecule has 0 heterocycles. The summed E-state index contributed by atoms with van der Waals surface area (Å²) >= 11 is 3.39. The topological polar surface area (TPSA) is 47.9 Å². The van der Waals surface area contributed by atoms with Crippen LogP contribution in [0.5, 0.6) is 11.5 Å². The third-order valence-corrected chi connectivity index (χ3v) is 3.24. The van der Waals surface area contributed by atoms with Crippen LogP contribution in [-0.2, 0) is 10.3 Å². The van der Waals surface area contributed by atoms with Crippen LogP contribution in [0.1, 0.15) is 12.5 Å². The Morgan fingerprint density at radius 1 is 1.24 bits per heavy atom. The Kier molecular flexibility index (Phi) is 4.80. The standard InChI is InChI=1S/C12H17BrO4/c1-12(14,7-15-2)8-5-6-9(16-3)10(13)11(8)17-4/h5-6,14H,7H2,1-4H3. The van der Waals surface area contributed by atoms with E-state index in [1.165, 1.54) is 0 Å². The van der Waals surface area contributed by atoms with Crippen LogP contribution in [0.15, 0.2) is 16.6 Å². The molecule has 1 atom stereocenters. The van der Waals surface area contributed by atoms with Crippen LogP contribution in [0.3, 0.4) is 0 Å². The molecule has 1 N–H and O–H groups in total. The van der Waals surface area contributed by atoms with Crippen LogP contribution in [0.25, 0.3) is 0 Å². The molecule has 0 aliphatic rings. The van der Waals surface area contributed by atoms with E-state index in [-0.39, 0.29) is 6.61 Å². The van der Waals surface area contributed by atoms with Gasteiger partial charge in [-0.25, -0.2) is 0 Å². The maximum absolute atomic E-state index is 10.3. The summed E-state index contributed by atoms with van der Waals surface area (Å²) in [6, 6.07) is 3.54. The summed E-state index contributed by atoms with van der Waals surface area (Å²) in [4.78, 5) is 0. The van der Waals surface area contributed by atoms with Crippen LogP contribution in [0, 0.1) is 0 Å². The molecule has 1 rings (SSSR count). The number of hydrogen-bond donors (Lipinski definition) is 1. The largest absolute Gasteiger partial charge is 0.495 e. The van der Waals surface area contributed by atoms with E-state index in [4.69, 9.17) is 14.2 Å². The molecule has 96 valence electrons. The van der Waals surface area contributed by atoms with Gasteiger partial charge >= 0.3 is 0 Å². The van der Waals surface area contributed by atoms with Gasteiger partial charge in [-0.1, -0.05) is 0 Å². The van der Waals surface area contributed by atoms with Crippen LogP contribution < -0.4 is 9.47 Å². The van der Waals surface area contributed by atoms with Crippen molar-refractivity contribution in [3.63, 3.8) is 0 Å². The van der Waals surface area contributed by atoms with Gasteiger partial charge in [-0.3, -0.25) is 0 Å². The number of benzene rings is 1. The second kappa shape index (κ2) is 5.71. The number of ether oxygens (including phenoxy) is 3. The first-order valence-corrected chi connectivity index (χ1v) is 5.89. The first-order valence-electron chi connectivity index (χ1n) is 5.10. The molecule has 0 saturated heterocycles. The van der Waals surface area contributed by atoms with Gasteiger partial charge in [0.15, 0.2) is 0 Å². The number of aliphatic hydroxyl groups is 1. The molecule has 0 bridgehead atoms. The highest BCUT2D eigenvalue weighted by Crippen LogP contribution is 2.41. The molecular formula is C12H17BrO4. The maximum atomic E-state index is 10.3. The van der Waals surface area contributed by atoms with Crippen molar-refractivity contribution in [1.82, 2.24) is 0 Å². The summed E-state index contributed by atoms with van der Waals surface area (Å²) in [5.41, 5.74) is -0.468. The maximum Gasteiger partial charge on any atom is 0.142 e. The highest BCUT2D eigenvalue weighted by molar-refractivity contribution is 9.10. The van der Waals surface area contributed by atoms with Crippen molar-refractivity contribution in [3.05, 3.63) is 22.2 Å². The monoisotopic (exact) mass is 304 g/mol. The van der Waals surface area contributed by atoms with Crippen molar-refractivity contribution >= 4 is 15.9 Å². The Hall–Kier alpha value is -0.780. The van der Waals surface area contributed by atoms with Crippen molar-refractivity contribution in [3.8, 4) is 11.5 Å². The average Bonchev–Trinajstić information content (AvgIpc) is 2.28. The molecule has 0 fully saturated rings. The average molecular weight is 305 g/mol. The molecule has 0 aliphatic carbocycles. The second-order valence-corrected chi connectivity index (χ2v) is 4.66. The lowest BCUT2D eigenvalue weighted by molar-refractivity contribution is -0.0223. The second-order valence-electron chi connectivity index (χ2n) is 3.87. The van der Waals surface area contributed by atoms with Gasteiger partial charge in [-0.05, 0) is 35.0 Å². The lowest BCUT2D eigenvalue weighted by Gasteiger charge is -2.26. The van der Waals surface area contributed by atoms with Crippen molar-refractivity contribution in [1.29, 1.82) is 0 Å². The molecule has 0 amide bonds. The summed E-state index contributed by atoms with van der Waals surface area (Å²) in [7, 11) is 4.66. The molecule has 5 heteroatoms. The summed E-state index contributed by atoms with van der Waals surface area (Å²) in [5, 5.41) is 10.3. The summed E-state index contributed by atoms with van der Waals surface area (Å²) in [6.07, 6.45) is 0. The summed E-state index contributed by atoms with van der Waals surface area (Å²) in [6.45, 7) is 1.86.